The van der Waals surface area contributed by atoms with Crippen molar-refractivity contribution in [1.82, 2.24) is 15.3 Å². The zero-order valence-corrected chi connectivity index (χ0v) is 9.15. The number of aromatic nitrogens is 2. The van der Waals surface area contributed by atoms with Gasteiger partial charge in [0.15, 0.2) is 0 Å². The van der Waals surface area contributed by atoms with Gasteiger partial charge in [-0.25, -0.2) is 0 Å². The third-order valence-corrected chi connectivity index (χ3v) is 3.16. The number of hydrogen-bond acceptors (Lipinski definition) is 4. The van der Waals surface area contributed by atoms with E-state index in [0.29, 0.717) is 12.5 Å². The minimum absolute atomic E-state index is 0.535. The van der Waals surface area contributed by atoms with Gasteiger partial charge in [0.2, 0.25) is 0 Å². The number of nitrogens with zero attached hydrogens (tertiary/aromatic N) is 2. The van der Waals surface area contributed by atoms with E-state index in [0.717, 1.165) is 37.5 Å². The first-order valence-electron chi connectivity index (χ1n) is 5.74. The summed E-state index contributed by atoms with van der Waals surface area (Å²) in [4.78, 5) is 8.98. The van der Waals surface area contributed by atoms with Gasteiger partial charge in [-0.3, -0.25) is 9.97 Å². The van der Waals surface area contributed by atoms with Crippen LogP contribution in [0.4, 0.5) is 0 Å². The van der Waals surface area contributed by atoms with Gasteiger partial charge in [0.1, 0.15) is 0 Å². The number of nitrogens with one attached hydrogen (secondary N) is 1. The fourth-order valence-corrected chi connectivity index (χ4v) is 2.12. The van der Waals surface area contributed by atoms with Gasteiger partial charge >= 0.3 is 0 Å². The molecule has 16 heavy (non-hydrogen) atoms. The topological polar surface area (TPSA) is 47.0 Å². The van der Waals surface area contributed by atoms with E-state index in [-0.39, 0.29) is 0 Å². The van der Waals surface area contributed by atoms with E-state index in [4.69, 9.17) is 4.74 Å². The highest BCUT2D eigenvalue weighted by atomic mass is 16.5. The van der Waals surface area contributed by atoms with Crippen molar-refractivity contribution >= 4 is 5.57 Å². The van der Waals surface area contributed by atoms with E-state index in [1.165, 1.54) is 5.57 Å². The summed E-state index contributed by atoms with van der Waals surface area (Å²) in [7, 11) is 0. The van der Waals surface area contributed by atoms with Crippen molar-refractivity contribution in [2.24, 2.45) is 0 Å². The molecule has 84 valence electrons. The SMILES string of the molecule is C1=C(c2nccnc2C2CNC2)CCOC1. The third-order valence-electron chi connectivity index (χ3n) is 3.16. The van der Waals surface area contributed by atoms with Crippen LogP contribution in [0.3, 0.4) is 0 Å². The first-order valence-corrected chi connectivity index (χ1v) is 5.74. The molecule has 2 aliphatic heterocycles. The second-order valence-electron chi connectivity index (χ2n) is 4.20. The van der Waals surface area contributed by atoms with Gasteiger partial charge in [-0.15, -0.1) is 0 Å². The van der Waals surface area contributed by atoms with Crippen molar-refractivity contribution in [3.05, 3.63) is 29.9 Å². The Hall–Kier alpha value is -1.26. The van der Waals surface area contributed by atoms with Crippen molar-refractivity contribution in [2.45, 2.75) is 12.3 Å². The number of hydrogen-bond donors (Lipinski definition) is 1. The molecule has 0 spiro atoms. The van der Waals surface area contributed by atoms with Gasteiger partial charge in [-0.2, -0.15) is 0 Å². The maximum absolute atomic E-state index is 5.32. The summed E-state index contributed by atoms with van der Waals surface area (Å²) in [5.74, 6) is 0.535. The largest absolute Gasteiger partial charge is 0.377 e. The summed E-state index contributed by atoms with van der Waals surface area (Å²) in [6, 6.07) is 0. The molecule has 1 aromatic rings. The third kappa shape index (κ3) is 1.74. The van der Waals surface area contributed by atoms with Gasteiger partial charge in [0.25, 0.3) is 0 Å². The molecule has 0 atom stereocenters. The molecule has 1 saturated heterocycles. The van der Waals surface area contributed by atoms with E-state index in [1.54, 1.807) is 12.4 Å². The van der Waals surface area contributed by atoms with Crippen LogP contribution >= 0.6 is 0 Å². The van der Waals surface area contributed by atoms with Crippen molar-refractivity contribution < 1.29 is 4.74 Å². The Labute approximate surface area is 94.8 Å². The highest BCUT2D eigenvalue weighted by Gasteiger charge is 2.25. The molecule has 0 bridgehead atoms. The molecule has 1 aromatic heterocycles. The first-order chi connectivity index (χ1) is 7.95. The van der Waals surface area contributed by atoms with Crippen molar-refractivity contribution in [2.75, 3.05) is 26.3 Å². The van der Waals surface area contributed by atoms with E-state index >= 15 is 0 Å². The van der Waals surface area contributed by atoms with Gasteiger partial charge in [0, 0.05) is 31.4 Å². The lowest BCUT2D eigenvalue weighted by Gasteiger charge is -2.28. The molecule has 0 saturated carbocycles. The molecule has 0 aliphatic carbocycles. The summed E-state index contributed by atoms with van der Waals surface area (Å²) >= 11 is 0. The standard InChI is InChI=1S/C12H15N3O/c1-5-16-6-2-9(1)11-12(10-7-13-8-10)15-4-3-14-11/h1,3-4,10,13H,2,5-8H2. The van der Waals surface area contributed by atoms with E-state index in [9.17, 15) is 0 Å². The summed E-state index contributed by atoms with van der Waals surface area (Å²) in [5, 5.41) is 3.28. The minimum atomic E-state index is 0.535. The minimum Gasteiger partial charge on any atom is -0.377 e. The van der Waals surface area contributed by atoms with Crippen LogP contribution in [0.2, 0.25) is 0 Å². The highest BCUT2D eigenvalue weighted by molar-refractivity contribution is 5.65. The maximum Gasteiger partial charge on any atom is 0.0879 e. The molecule has 4 heteroatoms. The van der Waals surface area contributed by atoms with Crippen LogP contribution in [0, 0.1) is 0 Å². The summed E-state index contributed by atoms with van der Waals surface area (Å²) in [6.07, 6.45) is 6.65. The molecule has 0 amide bonds. The molecule has 0 aromatic carbocycles. The van der Waals surface area contributed by atoms with E-state index in [1.807, 2.05) is 0 Å². The van der Waals surface area contributed by atoms with Crippen LogP contribution in [-0.4, -0.2) is 36.3 Å². The molecule has 1 N–H and O–H groups in total. The molecule has 4 nitrogen and oxygen atoms in total. The smallest absolute Gasteiger partial charge is 0.0879 e. The van der Waals surface area contributed by atoms with Crippen molar-refractivity contribution in [3.63, 3.8) is 0 Å². The fraction of sp³-hybridized carbons (Fsp3) is 0.500. The average Bonchev–Trinajstić information content (AvgIpc) is 2.29. The Balaban J connectivity index is 1.95. The molecule has 3 heterocycles. The molecule has 3 rings (SSSR count). The zero-order valence-electron chi connectivity index (χ0n) is 9.15. The predicted octanol–water partition coefficient (Wildman–Crippen LogP) is 0.967. The van der Waals surface area contributed by atoms with Crippen LogP contribution in [0.1, 0.15) is 23.7 Å². The molecule has 0 unspecified atom stereocenters. The summed E-state index contributed by atoms with van der Waals surface area (Å²) in [5.41, 5.74) is 3.52. The monoisotopic (exact) mass is 217 g/mol. The van der Waals surface area contributed by atoms with Crippen molar-refractivity contribution in [3.8, 4) is 0 Å². The Bertz CT molecular complexity index is 412. The predicted molar refractivity (Wildman–Crippen MR) is 61.1 cm³/mol. The lowest BCUT2D eigenvalue weighted by Crippen LogP contribution is -2.41. The lowest BCUT2D eigenvalue weighted by atomic mass is 9.93. The average molecular weight is 217 g/mol. The first kappa shape index (κ1) is 9.93. The van der Waals surface area contributed by atoms with E-state index < -0.39 is 0 Å². The van der Waals surface area contributed by atoms with Crippen LogP contribution in [-0.2, 0) is 4.74 Å². The quantitative estimate of drug-likeness (QED) is 0.801. The van der Waals surface area contributed by atoms with Crippen LogP contribution in [0.5, 0.6) is 0 Å². The Morgan fingerprint density at radius 2 is 2.12 bits per heavy atom. The molecule has 2 aliphatic rings. The van der Waals surface area contributed by atoms with Gasteiger partial charge in [-0.1, -0.05) is 6.08 Å². The van der Waals surface area contributed by atoms with Gasteiger partial charge in [0.05, 0.1) is 24.6 Å². The van der Waals surface area contributed by atoms with E-state index in [2.05, 4.69) is 21.4 Å². The second kappa shape index (κ2) is 4.31. The normalized spacial score (nSPS) is 21.4. The number of ether oxygens (including phenoxy) is 1. The maximum atomic E-state index is 5.32. The fourth-order valence-electron chi connectivity index (χ4n) is 2.12. The molecule has 0 radical (unpaired) electrons. The Morgan fingerprint density at radius 1 is 1.25 bits per heavy atom. The Morgan fingerprint density at radius 3 is 2.81 bits per heavy atom. The lowest BCUT2D eigenvalue weighted by molar-refractivity contribution is 0.161. The number of rotatable bonds is 2. The van der Waals surface area contributed by atoms with Gasteiger partial charge < -0.3 is 10.1 Å². The molecule has 1 fully saturated rings. The Kier molecular flexibility index (Phi) is 2.68. The second-order valence-corrected chi connectivity index (χ2v) is 4.20. The van der Waals surface area contributed by atoms with Crippen LogP contribution in [0.25, 0.3) is 5.57 Å². The molecular weight excluding hydrogens is 202 g/mol. The van der Waals surface area contributed by atoms with Crippen molar-refractivity contribution in [1.29, 1.82) is 0 Å². The molecular formula is C12H15N3O. The zero-order chi connectivity index (χ0) is 10.8. The van der Waals surface area contributed by atoms with Gasteiger partial charge in [-0.05, 0) is 12.0 Å². The summed E-state index contributed by atoms with van der Waals surface area (Å²) < 4.78 is 5.32. The highest BCUT2D eigenvalue weighted by Crippen LogP contribution is 2.27. The van der Waals surface area contributed by atoms with Crippen LogP contribution < -0.4 is 5.32 Å². The van der Waals surface area contributed by atoms with Crippen LogP contribution in [0.15, 0.2) is 18.5 Å². The summed E-state index contributed by atoms with van der Waals surface area (Å²) in [6.45, 7) is 3.55.